The van der Waals surface area contributed by atoms with Crippen LogP contribution in [0, 0.1) is 0 Å². The van der Waals surface area contributed by atoms with Crippen molar-refractivity contribution in [2.75, 3.05) is 13.1 Å². The molecule has 1 aromatic rings. The quantitative estimate of drug-likeness (QED) is 0.857. The Labute approximate surface area is 132 Å². The topological polar surface area (TPSA) is 29.3 Å². The molecule has 2 nitrogen and oxygen atoms in total. The van der Waals surface area contributed by atoms with E-state index in [2.05, 4.69) is 11.8 Å². The minimum atomic E-state index is 0.115. The number of hydrogen-bond donors (Lipinski definition) is 1. The van der Waals surface area contributed by atoms with Crippen molar-refractivity contribution in [1.82, 2.24) is 4.90 Å². The van der Waals surface area contributed by atoms with Crippen LogP contribution in [0.4, 0.5) is 0 Å². The monoisotopic (exact) mass is 314 g/mol. The van der Waals surface area contributed by atoms with Gasteiger partial charge in [-0.05, 0) is 31.5 Å². The summed E-state index contributed by atoms with van der Waals surface area (Å²) in [6.07, 6.45) is 6.50. The zero-order chi connectivity index (χ0) is 14.5. The van der Waals surface area contributed by atoms with Gasteiger partial charge in [-0.25, -0.2) is 0 Å². The molecule has 1 atom stereocenters. The van der Waals surface area contributed by atoms with Gasteiger partial charge in [-0.1, -0.05) is 55.5 Å². The standard InChI is InChI=1S/C16H24Cl2N2/c1-2-20(12-7-4-3-5-8-12)15(11-19)16-13(17)9-6-10-14(16)18/h6,9-10,12,15H,2-5,7-8,11,19H2,1H3. The van der Waals surface area contributed by atoms with Crippen molar-refractivity contribution in [2.45, 2.75) is 51.1 Å². The number of nitrogens with zero attached hydrogens (tertiary/aromatic N) is 1. The molecule has 0 radical (unpaired) electrons. The van der Waals surface area contributed by atoms with Gasteiger partial charge in [-0.3, -0.25) is 4.90 Å². The molecule has 0 saturated heterocycles. The van der Waals surface area contributed by atoms with Gasteiger partial charge in [-0.15, -0.1) is 0 Å². The first-order valence-corrected chi connectivity index (χ1v) is 8.34. The average molecular weight is 315 g/mol. The lowest BCUT2D eigenvalue weighted by atomic mass is 9.92. The first kappa shape index (κ1) is 16.1. The molecule has 112 valence electrons. The maximum Gasteiger partial charge on any atom is 0.0502 e. The molecule has 0 aliphatic heterocycles. The highest BCUT2D eigenvalue weighted by molar-refractivity contribution is 6.36. The fourth-order valence-electron chi connectivity index (χ4n) is 3.39. The summed E-state index contributed by atoms with van der Waals surface area (Å²) in [4.78, 5) is 2.49. The fraction of sp³-hybridized carbons (Fsp3) is 0.625. The Balaban J connectivity index is 2.29. The lowest BCUT2D eigenvalue weighted by molar-refractivity contribution is 0.114. The Morgan fingerprint density at radius 2 is 1.80 bits per heavy atom. The second kappa shape index (κ2) is 7.65. The zero-order valence-electron chi connectivity index (χ0n) is 12.1. The van der Waals surface area contributed by atoms with E-state index in [9.17, 15) is 0 Å². The van der Waals surface area contributed by atoms with Crippen LogP contribution >= 0.6 is 23.2 Å². The first-order chi connectivity index (χ1) is 9.69. The van der Waals surface area contributed by atoms with Gasteiger partial charge in [0.15, 0.2) is 0 Å². The van der Waals surface area contributed by atoms with Gasteiger partial charge >= 0.3 is 0 Å². The summed E-state index contributed by atoms with van der Waals surface area (Å²) in [5.74, 6) is 0. The van der Waals surface area contributed by atoms with E-state index in [0.717, 1.165) is 22.2 Å². The van der Waals surface area contributed by atoms with Crippen LogP contribution < -0.4 is 5.73 Å². The second-order valence-electron chi connectivity index (χ2n) is 5.51. The van der Waals surface area contributed by atoms with E-state index in [1.54, 1.807) is 0 Å². The lowest BCUT2D eigenvalue weighted by Gasteiger charge is -2.39. The van der Waals surface area contributed by atoms with Crippen LogP contribution in [0.1, 0.15) is 50.6 Å². The van der Waals surface area contributed by atoms with Gasteiger partial charge in [0.25, 0.3) is 0 Å². The second-order valence-corrected chi connectivity index (χ2v) is 6.32. The highest BCUT2D eigenvalue weighted by atomic mass is 35.5. The Kier molecular flexibility index (Phi) is 6.16. The lowest BCUT2D eigenvalue weighted by Crippen LogP contribution is -2.42. The van der Waals surface area contributed by atoms with Crippen molar-refractivity contribution in [3.63, 3.8) is 0 Å². The minimum absolute atomic E-state index is 0.115. The molecule has 0 bridgehead atoms. The van der Waals surface area contributed by atoms with Gasteiger partial charge in [0.2, 0.25) is 0 Å². The molecule has 0 spiro atoms. The summed E-state index contributed by atoms with van der Waals surface area (Å²) >= 11 is 12.8. The van der Waals surface area contributed by atoms with E-state index in [1.807, 2.05) is 18.2 Å². The highest BCUT2D eigenvalue weighted by Gasteiger charge is 2.29. The molecule has 20 heavy (non-hydrogen) atoms. The van der Waals surface area contributed by atoms with E-state index >= 15 is 0 Å². The Morgan fingerprint density at radius 1 is 1.20 bits per heavy atom. The summed E-state index contributed by atoms with van der Waals surface area (Å²) in [6, 6.07) is 6.41. The number of rotatable bonds is 5. The third-order valence-corrected chi connectivity index (χ3v) is 5.02. The zero-order valence-corrected chi connectivity index (χ0v) is 13.6. The summed E-state index contributed by atoms with van der Waals surface area (Å²) in [6.45, 7) is 3.73. The van der Waals surface area contributed by atoms with Crippen molar-refractivity contribution < 1.29 is 0 Å². The molecule has 0 heterocycles. The van der Waals surface area contributed by atoms with Crippen molar-refractivity contribution in [3.05, 3.63) is 33.8 Å². The molecule has 4 heteroatoms. The maximum absolute atomic E-state index is 6.38. The number of hydrogen-bond acceptors (Lipinski definition) is 2. The Bertz CT molecular complexity index is 410. The van der Waals surface area contributed by atoms with Crippen LogP contribution in [0.15, 0.2) is 18.2 Å². The van der Waals surface area contributed by atoms with E-state index in [4.69, 9.17) is 28.9 Å². The predicted molar refractivity (Wildman–Crippen MR) is 87.5 cm³/mol. The molecule has 1 aliphatic carbocycles. The molecule has 1 aromatic carbocycles. The molecule has 1 fully saturated rings. The van der Waals surface area contributed by atoms with E-state index in [-0.39, 0.29) is 6.04 Å². The Morgan fingerprint density at radius 3 is 2.30 bits per heavy atom. The van der Waals surface area contributed by atoms with Crippen molar-refractivity contribution in [2.24, 2.45) is 5.73 Å². The van der Waals surface area contributed by atoms with Crippen LogP contribution in [-0.2, 0) is 0 Å². The van der Waals surface area contributed by atoms with Gasteiger partial charge in [-0.2, -0.15) is 0 Å². The fourth-order valence-corrected chi connectivity index (χ4v) is 4.04. The number of halogens is 2. The molecule has 2 N–H and O–H groups in total. The third kappa shape index (κ3) is 3.48. The molecular formula is C16H24Cl2N2. The molecule has 1 unspecified atom stereocenters. The van der Waals surface area contributed by atoms with Crippen LogP contribution in [0.5, 0.6) is 0 Å². The third-order valence-electron chi connectivity index (χ3n) is 4.37. The van der Waals surface area contributed by atoms with E-state index in [0.29, 0.717) is 12.6 Å². The summed E-state index contributed by atoms with van der Waals surface area (Å²) in [5, 5.41) is 1.45. The molecule has 0 amide bonds. The summed E-state index contributed by atoms with van der Waals surface area (Å²) in [7, 11) is 0. The predicted octanol–water partition coefficient (Wildman–Crippen LogP) is 4.65. The normalized spacial score (nSPS) is 18.4. The number of nitrogens with two attached hydrogens (primary N) is 1. The number of likely N-dealkylation sites (N-methyl/N-ethyl adjacent to an activating group) is 1. The minimum Gasteiger partial charge on any atom is -0.329 e. The smallest absolute Gasteiger partial charge is 0.0502 e. The molecule has 2 rings (SSSR count). The SMILES string of the molecule is CCN(C1CCCCC1)C(CN)c1c(Cl)cccc1Cl. The summed E-state index contributed by atoms with van der Waals surface area (Å²) < 4.78 is 0. The van der Waals surface area contributed by atoms with Crippen LogP contribution in [0.25, 0.3) is 0 Å². The van der Waals surface area contributed by atoms with Crippen LogP contribution in [-0.4, -0.2) is 24.0 Å². The molecule has 1 aliphatic rings. The Hall–Kier alpha value is -0.280. The van der Waals surface area contributed by atoms with Gasteiger partial charge in [0, 0.05) is 28.2 Å². The first-order valence-electron chi connectivity index (χ1n) is 7.58. The van der Waals surface area contributed by atoms with Crippen molar-refractivity contribution in [3.8, 4) is 0 Å². The highest BCUT2D eigenvalue weighted by Crippen LogP contribution is 2.36. The molecule has 1 saturated carbocycles. The molecular weight excluding hydrogens is 291 g/mol. The average Bonchev–Trinajstić information content (AvgIpc) is 2.47. The van der Waals surface area contributed by atoms with Crippen molar-refractivity contribution in [1.29, 1.82) is 0 Å². The van der Waals surface area contributed by atoms with Gasteiger partial charge in [0.05, 0.1) is 6.04 Å². The van der Waals surface area contributed by atoms with Gasteiger partial charge < -0.3 is 5.73 Å². The largest absolute Gasteiger partial charge is 0.329 e. The summed E-state index contributed by atoms with van der Waals surface area (Å²) in [5.41, 5.74) is 7.06. The van der Waals surface area contributed by atoms with E-state index in [1.165, 1.54) is 32.1 Å². The number of benzene rings is 1. The van der Waals surface area contributed by atoms with Crippen molar-refractivity contribution >= 4 is 23.2 Å². The van der Waals surface area contributed by atoms with Crippen LogP contribution in [0.2, 0.25) is 10.0 Å². The maximum atomic E-state index is 6.38. The molecule has 0 aromatic heterocycles. The van der Waals surface area contributed by atoms with Gasteiger partial charge in [0.1, 0.15) is 0 Å². The van der Waals surface area contributed by atoms with E-state index < -0.39 is 0 Å². The van der Waals surface area contributed by atoms with Crippen LogP contribution in [0.3, 0.4) is 0 Å².